The summed E-state index contributed by atoms with van der Waals surface area (Å²) < 4.78 is 10.9. The van der Waals surface area contributed by atoms with E-state index in [4.69, 9.17) is 9.47 Å². The van der Waals surface area contributed by atoms with Crippen molar-refractivity contribution in [3.05, 3.63) is 42.0 Å². The monoisotopic (exact) mass is 218 g/mol. The largest absolute Gasteiger partial charge is 0.497 e. The molecule has 1 aromatic rings. The molecule has 0 aromatic heterocycles. The van der Waals surface area contributed by atoms with E-state index in [0.29, 0.717) is 12.5 Å². The highest BCUT2D eigenvalue weighted by molar-refractivity contribution is 5.27. The Morgan fingerprint density at radius 2 is 2.06 bits per heavy atom. The number of hydrogen-bond donors (Lipinski definition) is 0. The predicted molar refractivity (Wildman–Crippen MR) is 64.5 cm³/mol. The quantitative estimate of drug-likeness (QED) is 0.707. The minimum Gasteiger partial charge on any atom is -0.497 e. The highest BCUT2D eigenvalue weighted by Crippen LogP contribution is 2.19. The van der Waals surface area contributed by atoms with Gasteiger partial charge in [-0.2, -0.15) is 0 Å². The summed E-state index contributed by atoms with van der Waals surface area (Å²) in [7, 11) is 1.68. The third kappa shape index (κ3) is 3.11. The Hall–Kier alpha value is -1.28. The number of benzene rings is 1. The molecule has 2 rings (SSSR count). The Morgan fingerprint density at radius 3 is 2.81 bits per heavy atom. The molecule has 0 N–H and O–H groups in total. The van der Waals surface area contributed by atoms with Gasteiger partial charge in [-0.3, -0.25) is 0 Å². The number of hydrogen-bond acceptors (Lipinski definition) is 2. The van der Waals surface area contributed by atoms with E-state index in [1.807, 2.05) is 18.2 Å². The molecule has 0 saturated heterocycles. The lowest BCUT2D eigenvalue weighted by atomic mass is 10.1. The Bertz CT molecular complexity index is 350. The summed E-state index contributed by atoms with van der Waals surface area (Å²) in [6.07, 6.45) is 6.80. The third-order valence-electron chi connectivity index (χ3n) is 2.86. The molecule has 0 spiro atoms. The second-order valence-electron chi connectivity index (χ2n) is 4.18. The Morgan fingerprint density at radius 1 is 1.25 bits per heavy atom. The van der Waals surface area contributed by atoms with E-state index in [-0.39, 0.29) is 0 Å². The molecule has 16 heavy (non-hydrogen) atoms. The van der Waals surface area contributed by atoms with E-state index >= 15 is 0 Å². The maximum atomic E-state index is 5.71. The maximum absolute atomic E-state index is 5.71. The zero-order valence-corrected chi connectivity index (χ0v) is 9.69. The maximum Gasteiger partial charge on any atom is 0.119 e. The SMILES string of the molecule is COc1cccc(COCC2CC=CC2)c1. The first-order valence-corrected chi connectivity index (χ1v) is 5.74. The van der Waals surface area contributed by atoms with E-state index in [2.05, 4.69) is 18.2 Å². The first-order valence-electron chi connectivity index (χ1n) is 5.74. The second-order valence-corrected chi connectivity index (χ2v) is 4.18. The normalized spacial score (nSPS) is 15.6. The highest BCUT2D eigenvalue weighted by atomic mass is 16.5. The molecular formula is C14H18O2. The summed E-state index contributed by atoms with van der Waals surface area (Å²) in [4.78, 5) is 0. The molecule has 0 amide bonds. The van der Waals surface area contributed by atoms with Gasteiger partial charge in [0.15, 0.2) is 0 Å². The van der Waals surface area contributed by atoms with Crippen LogP contribution in [0.25, 0.3) is 0 Å². The van der Waals surface area contributed by atoms with Gasteiger partial charge in [0, 0.05) is 0 Å². The van der Waals surface area contributed by atoms with Gasteiger partial charge in [-0.25, -0.2) is 0 Å². The number of ether oxygens (including phenoxy) is 2. The van der Waals surface area contributed by atoms with Crippen molar-refractivity contribution in [2.75, 3.05) is 13.7 Å². The van der Waals surface area contributed by atoms with Crippen LogP contribution in [0.2, 0.25) is 0 Å². The van der Waals surface area contributed by atoms with Crippen LogP contribution in [0.3, 0.4) is 0 Å². The van der Waals surface area contributed by atoms with E-state index in [9.17, 15) is 0 Å². The lowest BCUT2D eigenvalue weighted by Crippen LogP contribution is -2.05. The summed E-state index contributed by atoms with van der Waals surface area (Å²) in [5.74, 6) is 1.58. The fourth-order valence-corrected chi connectivity index (χ4v) is 1.92. The molecular weight excluding hydrogens is 200 g/mol. The minimum absolute atomic E-state index is 0.674. The average molecular weight is 218 g/mol. The Labute approximate surface area is 96.9 Å². The van der Waals surface area contributed by atoms with Gasteiger partial charge < -0.3 is 9.47 Å². The van der Waals surface area contributed by atoms with Crippen molar-refractivity contribution in [1.29, 1.82) is 0 Å². The standard InChI is InChI=1S/C14H18O2/c1-15-14-8-4-7-13(9-14)11-16-10-12-5-2-3-6-12/h2-4,7-9,12H,5-6,10-11H2,1H3. The fourth-order valence-electron chi connectivity index (χ4n) is 1.92. The molecule has 1 aromatic carbocycles. The number of rotatable bonds is 5. The Kier molecular flexibility index (Phi) is 4.00. The van der Waals surface area contributed by atoms with E-state index in [1.165, 1.54) is 5.56 Å². The van der Waals surface area contributed by atoms with Crippen LogP contribution in [-0.4, -0.2) is 13.7 Å². The lowest BCUT2D eigenvalue weighted by molar-refractivity contribution is 0.0904. The lowest BCUT2D eigenvalue weighted by Gasteiger charge is -2.10. The summed E-state index contributed by atoms with van der Waals surface area (Å²) in [6, 6.07) is 8.03. The van der Waals surface area contributed by atoms with Crippen LogP contribution >= 0.6 is 0 Å². The summed E-state index contributed by atoms with van der Waals surface area (Å²) in [5.41, 5.74) is 1.17. The van der Waals surface area contributed by atoms with Crippen LogP contribution in [0.1, 0.15) is 18.4 Å². The topological polar surface area (TPSA) is 18.5 Å². The summed E-state index contributed by atoms with van der Waals surface area (Å²) in [5, 5.41) is 0. The van der Waals surface area contributed by atoms with E-state index in [1.54, 1.807) is 7.11 Å². The Balaban J connectivity index is 1.75. The molecule has 2 heteroatoms. The fraction of sp³-hybridized carbons (Fsp3) is 0.429. The van der Waals surface area contributed by atoms with Crippen molar-refractivity contribution in [2.24, 2.45) is 5.92 Å². The van der Waals surface area contributed by atoms with Crippen molar-refractivity contribution >= 4 is 0 Å². The molecule has 0 fully saturated rings. The summed E-state index contributed by atoms with van der Waals surface area (Å²) >= 11 is 0. The molecule has 86 valence electrons. The highest BCUT2D eigenvalue weighted by Gasteiger charge is 2.09. The number of methoxy groups -OCH3 is 1. The van der Waals surface area contributed by atoms with Crippen LogP contribution in [0.4, 0.5) is 0 Å². The van der Waals surface area contributed by atoms with Gasteiger partial charge in [0.25, 0.3) is 0 Å². The molecule has 0 saturated carbocycles. The first kappa shape index (κ1) is 11.2. The molecule has 0 radical (unpaired) electrons. The first-order chi connectivity index (χ1) is 7.88. The molecule has 1 aliphatic carbocycles. The van der Waals surface area contributed by atoms with Crippen LogP contribution < -0.4 is 4.74 Å². The van der Waals surface area contributed by atoms with Gasteiger partial charge in [-0.15, -0.1) is 0 Å². The molecule has 0 aliphatic heterocycles. The number of allylic oxidation sites excluding steroid dienone is 2. The zero-order chi connectivity index (χ0) is 11.2. The van der Waals surface area contributed by atoms with Crippen molar-refractivity contribution in [2.45, 2.75) is 19.4 Å². The van der Waals surface area contributed by atoms with Crippen LogP contribution in [0.5, 0.6) is 5.75 Å². The molecule has 2 nitrogen and oxygen atoms in total. The van der Waals surface area contributed by atoms with Crippen molar-refractivity contribution in [3.8, 4) is 5.75 Å². The summed E-state index contributed by atoms with van der Waals surface area (Å²) in [6.45, 7) is 1.53. The molecule has 0 heterocycles. The zero-order valence-electron chi connectivity index (χ0n) is 9.69. The smallest absolute Gasteiger partial charge is 0.119 e. The molecule has 0 bridgehead atoms. The molecule has 0 unspecified atom stereocenters. The minimum atomic E-state index is 0.674. The predicted octanol–water partition coefficient (Wildman–Crippen LogP) is 3.18. The van der Waals surface area contributed by atoms with Crippen molar-refractivity contribution in [1.82, 2.24) is 0 Å². The van der Waals surface area contributed by atoms with Crippen LogP contribution in [0, 0.1) is 5.92 Å². The van der Waals surface area contributed by atoms with Crippen LogP contribution in [0.15, 0.2) is 36.4 Å². The van der Waals surface area contributed by atoms with Gasteiger partial charge in [0.05, 0.1) is 20.3 Å². The van der Waals surface area contributed by atoms with Gasteiger partial charge >= 0.3 is 0 Å². The van der Waals surface area contributed by atoms with Crippen molar-refractivity contribution < 1.29 is 9.47 Å². The van der Waals surface area contributed by atoms with Gasteiger partial charge in [-0.1, -0.05) is 24.3 Å². The van der Waals surface area contributed by atoms with Gasteiger partial charge in [0.2, 0.25) is 0 Å². The van der Waals surface area contributed by atoms with Crippen LogP contribution in [-0.2, 0) is 11.3 Å². The molecule has 1 aliphatic rings. The third-order valence-corrected chi connectivity index (χ3v) is 2.86. The van der Waals surface area contributed by atoms with Crippen molar-refractivity contribution in [3.63, 3.8) is 0 Å². The van der Waals surface area contributed by atoms with Gasteiger partial charge in [0.1, 0.15) is 5.75 Å². The molecule has 0 atom stereocenters. The average Bonchev–Trinajstić information content (AvgIpc) is 2.82. The van der Waals surface area contributed by atoms with Gasteiger partial charge in [-0.05, 0) is 36.5 Å². The van der Waals surface area contributed by atoms with E-state index < -0.39 is 0 Å². The second kappa shape index (κ2) is 5.71. The van der Waals surface area contributed by atoms with E-state index in [0.717, 1.165) is 25.2 Å².